The van der Waals surface area contributed by atoms with Gasteiger partial charge in [0, 0.05) is 19.0 Å². The number of nitrogens with zero attached hydrogens (tertiary/aromatic N) is 1. The molecule has 2 aromatic carbocycles. The number of benzene rings is 2. The van der Waals surface area contributed by atoms with Gasteiger partial charge in [0.2, 0.25) is 5.91 Å². The topological polar surface area (TPSA) is 108 Å². The number of rotatable bonds is 9. The van der Waals surface area contributed by atoms with Crippen LogP contribution in [0.4, 0.5) is 13.6 Å². The molecule has 8 nitrogen and oxygen atoms in total. The number of carboxylic acid groups (broad SMARTS) is 1. The van der Waals surface area contributed by atoms with Crippen molar-refractivity contribution < 1.29 is 33.0 Å². The van der Waals surface area contributed by atoms with Gasteiger partial charge in [0.15, 0.2) is 0 Å². The first-order chi connectivity index (χ1) is 16.6. The Kier molecular flexibility index (Phi) is 6.75. The van der Waals surface area contributed by atoms with Crippen molar-refractivity contribution in [2.75, 3.05) is 33.8 Å². The number of carboxylic acids is 1. The smallest absolute Gasteiger partial charge is 0.407 e. The van der Waals surface area contributed by atoms with Crippen LogP contribution >= 0.6 is 0 Å². The van der Waals surface area contributed by atoms with Gasteiger partial charge in [-0.15, -0.1) is 0 Å². The average molecular weight is 488 g/mol. The summed E-state index contributed by atoms with van der Waals surface area (Å²) in [6, 6.07) is 14.7. The van der Waals surface area contributed by atoms with E-state index in [1.807, 2.05) is 48.5 Å². The molecule has 2 aliphatic carbocycles. The summed E-state index contributed by atoms with van der Waals surface area (Å²) in [5, 5.41) is 13.7. The van der Waals surface area contributed by atoms with Crippen molar-refractivity contribution in [2.45, 2.75) is 17.9 Å². The molecular formula is C25H27F2N3O5. The predicted molar refractivity (Wildman–Crippen MR) is 123 cm³/mol. The number of alkyl carbamates (subject to hydrolysis) is 1. The lowest BCUT2D eigenvalue weighted by Gasteiger charge is -2.22. The number of ether oxygens (including phenoxy) is 1. The number of halogens is 2. The summed E-state index contributed by atoms with van der Waals surface area (Å²) in [5.74, 6) is -9.10. The van der Waals surface area contributed by atoms with Gasteiger partial charge in [-0.3, -0.25) is 9.59 Å². The fourth-order valence-corrected chi connectivity index (χ4v) is 4.66. The molecule has 0 radical (unpaired) electrons. The molecule has 10 heteroatoms. The molecule has 4 rings (SSSR count). The van der Waals surface area contributed by atoms with E-state index in [2.05, 4.69) is 10.6 Å². The van der Waals surface area contributed by atoms with Crippen LogP contribution in [-0.4, -0.2) is 73.7 Å². The Labute approximate surface area is 201 Å². The maximum absolute atomic E-state index is 13.6. The van der Waals surface area contributed by atoms with Gasteiger partial charge in [-0.2, -0.15) is 0 Å². The van der Waals surface area contributed by atoms with Crippen molar-refractivity contribution in [1.82, 2.24) is 15.5 Å². The van der Waals surface area contributed by atoms with Crippen molar-refractivity contribution in [3.63, 3.8) is 0 Å². The lowest BCUT2D eigenvalue weighted by atomic mass is 9.98. The molecule has 2 aliphatic rings. The second-order valence-corrected chi connectivity index (χ2v) is 9.13. The van der Waals surface area contributed by atoms with Crippen molar-refractivity contribution in [2.24, 2.45) is 11.8 Å². The number of carbonyl (C=O) groups excluding carboxylic acids is 2. The van der Waals surface area contributed by atoms with E-state index in [9.17, 15) is 23.2 Å². The minimum absolute atomic E-state index is 0.0603. The van der Waals surface area contributed by atoms with Crippen LogP contribution < -0.4 is 10.6 Å². The standard InChI is InChI=1S/C25H27F2N3O5/c1-30(2)12-20(22(31)28-11-19-21(23(32)33)25(19,26)27)29-24(34)35-13-18-16-9-5-3-7-14(16)15-8-4-6-10-17(15)18/h3-10,18-21H,11-13H2,1-2H3,(H,28,31)(H,29,34)(H,32,33)/t19-,20+,21-/m1/s1. The molecule has 0 spiro atoms. The highest BCUT2D eigenvalue weighted by molar-refractivity contribution is 5.86. The summed E-state index contributed by atoms with van der Waals surface area (Å²) in [7, 11) is 3.38. The normalized spacial score (nSPS) is 20.5. The molecule has 35 heavy (non-hydrogen) atoms. The third-order valence-corrected chi connectivity index (χ3v) is 6.46. The number of hydrogen-bond acceptors (Lipinski definition) is 5. The number of hydrogen-bond donors (Lipinski definition) is 3. The minimum Gasteiger partial charge on any atom is -0.481 e. The third kappa shape index (κ3) is 4.97. The quantitative estimate of drug-likeness (QED) is 0.502. The number of alkyl halides is 2. The number of fused-ring (bicyclic) bond motifs is 3. The van der Waals surface area contributed by atoms with E-state index in [1.165, 1.54) is 0 Å². The van der Waals surface area contributed by atoms with Crippen molar-refractivity contribution in [1.29, 1.82) is 0 Å². The van der Waals surface area contributed by atoms with E-state index in [0.717, 1.165) is 22.3 Å². The molecule has 0 heterocycles. The fraction of sp³-hybridized carbons (Fsp3) is 0.400. The van der Waals surface area contributed by atoms with Crippen LogP contribution in [0.5, 0.6) is 0 Å². The SMILES string of the molecule is CN(C)C[C@H](NC(=O)OCC1c2ccccc2-c2ccccc21)C(=O)NC[C@@H]1[C@H](C(=O)O)C1(F)F. The van der Waals surface area contributed by atoms with Gasteiger partial charge >= 0.3 is 12.1 Å². The Bertz CT molecular complexity index is 1090. The zero-order valence-corrected chi connectivity index (χ0v) is 19.3. The molecule has 0 aliphatic heterocycles. The molecule has 2 aromatic rings. The van der Waals surface area contributed by atoms with Crippen LogP contribution in [0.3, 0.4) is 0 Å². The van der Waals surface area contributed by atoms with Crippen molar-refractivity contribution >= 4 is 18.0 Å². The predicted octanol–water partition coefficient (Wildman–Crippen LogP) is 2.54. The first kappa shape index (κ1) is 24.6. The largest absolute Gasteiger partial charge is 0.481 e. The number of carbonyl (C=O) groups is 3. The van der Waals surface area contributed by atoms with E-state index >= 15 is 0 Å². The van der Waals surface area contributed by atoms with Crippen LogP contribution in [-0.2, 0) is 14.3 Å². The van der Waals surface area contributed by atoms with E-state index in [-0.39, 0.29) is 19.1 Å². The lowest BCUT2D eigenvalue weighted by Crippen LogP contribution is -2.52. The Balaban J connectivity index is 1.36. The first-order valence-electron chi connectivity index (χ1n) is 11.3. The second-order valence-electron chi connectivity index (χ2n) is 9.13. The summed E-state index contributed by atoms with van der Waals surface area (Å²) in [6.07, 6.45) is -0.811. The molecule has 1 saturated carbocycles. The summed E-state index contributed by atoms with van der Waals surface area (Å²) in [4.78, 5) is 37.8. The van der Waals surface area contributed by atoms with Crippen LogP contribution in [0.1, 0.15) is 17.0 Å². The maximum Gasteiger partial charge on any atom is 0.407 e. The number of nitrogens with one attached hydrogen (secondary N) is 2. The van der Waals surface area contributed by atoms with E-state index in [1.54, 1.807) is 19.0 Å². The van der Waals surface area contributed by atoms with E-state index < -0.39 is 48.3 Å². The highest BCUT2D eigenvalue weighted by atomic mass is 19.3. The van der Waals surface area contributed by atoms with Gasteiger partial charge in [-0.25, -0.2) is 13.6 Å². The van der Waals surface area contributed by atoms with Crippen molar-refractivity contribution in [3.05, 3.63) is 59.7 Å². The summed E-state index contributed by atoms with van der Waals surface area (Å²) in [6.45, 7) is -0.344. The van der Waals surface area contributed by atoms with E-state index in [4.69, 9.17) is 9.84 Å². The fourth-order valence-electron chi connectivity index (χ4n) is 4.66. The van der Waals surface area contributed by atoms with Crippen molar-refractivity contribution in [3.8, 4) is 11.1 Å². The van der Waals surface area contributed by atoms with E-state index in [0.29, 0.717) is 0 Å². The molecule has 0 bridgehead atoms. The number of aliphatic carboxylic acids is 1. The highest BCUT2D eigenvalue weighted by Gasteiger charge is 2.72. The molecule has 1 fully saturated rings. The number of amides is 2. The Hall–Kier alpha value is -3.53. The minimum atomic E-state index is -3.36. The zero-order valence-electron chi connectivity index (χ0n) is 19.3. The van der Waals surface area contributed by atoms with Gasteiger partial charge < -0.3 is 25.4 Å². The summed E-state index contributed by atoms with van der Waals surface area (Å²) in [5.41, 5.74) is 4.25. The molecular weight excluding hydrogens is 460 g/mol. The Morgan fingerprint density at radius 1 is 1.06 bits per heavy atom. The average Bonchev–Trinajstić information content (AvgIpc) is 3.22. The van der Waals surface area contributed by atoms with Crippen LogP contribution in [0.25, 0.3) is 11.1 Å². The summed E-state index contributed by atoms with van der Waals surface area (Å²) < 4.78 is 32.7. The molecule has 186 valence electrons. The molecule has 3 N–H and O–H groups in total. The summed E-state index contributed by atoms with van der Waals surface area (Å²) >= 11 is 0. The first-order valence-corrected chi connectivity index (χ1v) is 11.3. The monoisotopic (exact) mass is 487 g/mol. The zero-order chi connectivity index (χ0) is 25.3. The van der Waals surface area contributed by atoms with Gasteiger partial charge in [-0.05, 0) is 36.3 Å². The number of likely N-dealkylation sites (N-methyl/N-ethyl adjacent to an activating group) is 1. The second kappa shape index (κ2) is 9.61. The third-order valence-electron chi connectivity index (χ3n) is 6.46. The van der Waals surface area contributed by atoms with Crippen LogP contribution in [0.2, 0.25) is 0 Å². The van der Waals surface area contributed by atoms with Gasteiger partial charge in [0.05, 0.1) is 5.92 Å². The molecule has 0 saturated heterocycles. The molecule has 2 amide bonds. The van der Waals surface area contributed by atoms with Crippen LogP contribution in [0, 0.1) is 11.8 Å². The van der Waals surface area contributed by atoms with Gasteiger partial charge in [0.25, 0.3) is 5.92 Å². The molecule has 0 unspecified atom stereocenters. The van der Waals surface area contributed by atoms with Crippen LogP contribution in [0.15, 0.2) is 48.5 Å². The highest BCUT2D eigenvalue weighted by Crippen LogP contribution is 2.54. The molecule has 0 aromatic heterocycles. The Morgan fingerprint density at radius 2 is 1.63 bits per heavy atom. The molecule has 3 atom stereocenters. The Morgan fingerprint density at radius 3 is 2.14 bits per heavy atom. The lowest BCUT2D eigenvalue weighted by molar-refractivity contribution is -0.141. The van der Waals surface area contributed by atoms with Gasteiger partial charge in [-0.1, -0.05) is 48.5 Å². The van der Waals surface area contributed by atoms with Gasteiger partial charge in [0.1, 0.15) is 18.6 Å². The maximum atomic E-state index is 13.6.